The molecule has 0 aliphatic heterocycles. The second-order valence-electron chi connectivity index (χ2n) is 5.67. The van der Waals surface area contributed by atoms with Crippen LogP contribution in [0.5, 0.6) is 11.5 Å². The molecule has 0 atom stereocenters. The van der Waals surface area contributed by atoms with Crippen LogP contribution in [0.15, 0.2) is 96.4 Å². The Bertz CT molecular complexity index is 971. The van der Waals surface area contributed by atoms with E-state index in [1.807, 2.05) is 77.4 Å². The summed E-state index contributed by atoms with van der Waals surface area (Å²) in [6.45, 7) is 0. The molecule has 0 fully saturated rings. The van der Waals surface area contributed by atoms with Crippen molar-refractivity contribution in [3.05, 3.63) is 96.8 Å². The summed E-state index contributed by atoms with van der Waals surface area (Å²) < 4.78 is 7.90. The Labute approximate surface area is 156 Å². The quantitative estimate of drug-likeness (QED) is 0.435. The second kappa shape index (κ2) is 7.89. The van der Waals surface area contributed by atoms with Gasteiger partial charge in [-0.05, 0) is 42.0 Å². The number of hydrogen-bond donors (Lipinski definition) is 0. The molecule has 4 nitrogen and oxygen atoms in total. The summed E-state index contributed by atoms with van der Waals surface area (Å²) in [6, 6.07) is 28.0. The maximum absolute atomic E-state index is 5.91. The van der Waals surface area contributed by atoms with Gasteiger partial charge in [0.1, 0.15) is 17.8 Å². The first-order chi connectivity index (χ1) is 12.9. The van der Waals surface area contributed by atoms with Gasteiger partial charge in [0, 0.05) is 11.4 Å². The van der Waals surface area contributed by atoms with Crippen LogP contribution in [0.2, 0.25) is 0 Å². The van der Waals surface area contributed by atoms with Crippen LogP contribution >= 0.6 is 11.8 Å². The van der Waals surface area contributed by atoms with Gasteiger partial charge in [-0.25, -0.2) is 0 Å². The molecule has 0 saturated carbocycles. The highest BCUT2D eigenvalue weighted by atomic mass is 32.2. The third-order valence-electron chi connectivity index (χ3n) is 3.80. The topological polar surface area (TPSA) is 39.9 Å². The van der Waals surface area contributed by atoms with E-state index in [1.165, 1.54) is 5.56 Å². The van der Waals surface area contributed by atoms with Gasteiger partial charge in [0.2, 0.25) is 0 Å². The van der Waals surface area contributed by atoms with Crippen molar-refractivity contribution in [3.63, 3.8) is 0 Å². The highest BCUT2D eigenvalue weighted by molar-refractivity contribution is 7.98. The predicted octanol–water partition coefficient (Wildman–Crippen LogP) is 5.35. The van der Waals surface area contributed by atoms with Crippen molar-refractivity contribution in [2.75, 3.05) is 0 Å². The van der Waals surface area contributed by atoms with E-state index in [-0.39, 0.29) is 0 Å². The Hall–Kier alpha value is -3.05. The molecule has 1 aromatic heterocycles. The smallest absolute Gasteiger partial charge is 0.195 e. The molecule has 0 aliphatic rings. The summed E-state index contributed by atoms with van der Waals surface area (Å²) in [6.07, 6.45) is 1.74. The highest BCUT2D eigenvalue weighted by Crippen LogP contribution is 2.27. The lowest BCUT2D eigenvalue weighted by Gasteiger charge is -2.08. The average molecular weight is 359 g/mol. The molecular weight excluding hydrogens is 342 g/mol. The zero-order valence-corrected chi connectivity index (χ0v) is 14.8. The number of benzene rings is 3. The molecule has 0 spiro atoms. The summed E-state index contributed by atoms with van der Waals surface area (Å²) in [5.74, 6) is 2.46. The fourth-order valence-electron chi connectivity index (χ4n) is 2.56. The molecule has 0 N–H and O–H groups in total. The first-order valence-electron chi connectivity index (χ1n) is 8.28. The molecule has 4 rings (SSSR count). The van der Waals surface area contributed by atoms with E-state index in [4.69, 9.17) is 4.74 Å². The fourth-order valence-corrected chi connectivity index (χ4v) is 3.43. The maximum atomic E-state index is 5.91. The largest absolute Gasteiger partial charge is 0.457 e. The summed E-state index contributed by atoms with van der Waals surface area (Å²) >= 11 is 1.65. The molecule has 128 valence electrons. The normalized spacial score (nSPS) is 10.6. The number of hydrogen-bond acceptors (Lipinski definition) is 4. The number of aromatic nitrogens is 3. The molecule has 26 heavy (non-hydrogen) atoms. The van der Waals surface area contributed by atoms with E-state index in [1.54, 1.807) is 18.1 Å². The molecule has 0 aliphatic carbocycles. The van der Waals surface area contributed by atoms with Crippen molar-refractivity contribution in [3.8, 4) is 17.2 Å². The molecule has 0 saturated heterocycles. The van der Waals surface area contributed by atoms with E-state index in [0.29, 0.717) is 0 Å². The van der Waals surface area contributed by atoms with E-state index in [0.717, 1.165) is 28.1 Å². The fraction of sp³-hybridized carbons (Fsp3) is 0.0476. The SMILES string of the molecule is c1ccc(Oc2cccc(CSc3nncn3-c3ccccc3)c2)cc1. The Morgan fingerprint density at radius 2 is 1.54 bits per heavy atom. The molecule has 4 aromatic rings. The van der Waals surface area contributed by atoms with Gasteiger partial charge in [-0.3, -0.25) is 4.57 Å². The van der Waals surface area contributed by atoms with Gasteiger partial charge >= 0.3 is 0 Å². The minimum absolute atomic E-state index is 0.789. The van der Waals surface area contributed by atoms with Gasteiger partial charge in [-0.15, -0.1) is 10.2 Å². The molecule has 3 aromatic carbocycles. The summed E-state index contributed by atoms with van der Waals surface area (Å²) in [5.41, 5.74) is 2.23. The molecular formula is C21H17N3OS. The van der Waals surface area contributed by atoms with Gasteiger partial charge in [-0.1, -0.05) is 60.3 Å². The number of thioether (sulfide) groups is 1. The van der Waals surface area contributed by atoms with Gasteiger partial charge in [0.25, 0.3) is 0 Å². The number of nitrogens with zero attached hydrogens (tertiary/aromatic N) is 3. The van der Waals surface area contributed by atoms with Crippen molar-refractivity contribution in [2.24, 2.45) is 0 Å². The van der Waals surface area contributed by atoms with Crippen LogP contribution in [0.25, 0.3) is 5.69 Å². The third kappa shape index (κ3) is 3.95. The summed E-state index contributed by atoms with van der Waals surface area (Å²) in [5, 5.41) is 9.16. The Kier molecular flexibility index (Phi) is 4.98. The minimum atomic E-state index is 0.789. The van der Waals surface area contributed by atoms with Crippen LogP contribution in [0.1, 0.15) is 5.56 Å². The van der Waals surface area contributed by atoms with Crippen LogP contribution in [0.4, 0.5) is 0 Å². The van der Waals surface area contributed by atoms with Gasteiger partial charge < -0.3 is 4.74 Å². The zero-order valence-electron chi connectivity index (χ0n) is 14.0. The molecule has 1 heterocycles. The molecule has 0 bridgehead atoms. The van der Waals surface area contributed by atoms with Crippen molar-refractivity contribution in [2.45, 2.75) is 10.9 Å². The van der Waals surface area contributed by atoms with Crippen molar-refractivity contribution in [1.29, 1.82) is 0 Å². The van der Waals surface area contributed by atoms with Crippen LogP contribution in [0.3, 0.4) is 0 Å². The lowest BCUT2D eigenvalue weighted by atomic mass is 10.2. The standard InChI is InChI=1S/C21H17N3OS/c1-3-9-18(10-4-1)24-16-22-23-21(24)26-15-17-8-7-13-20(14-17)25-19-11-5-2-6-12-19/h1-14,16H,15H2. The first-order valence-corrected chi connectivity index (χ1v) is 9.27. The Balaban J connectivity index is 1.46. The van der Waals surface area contributed by atoms with E-state index < -0.39 is 0 Å². The van der Waals surface area contributed by atoms with E-state index in [2.05, 4.69) is 22.3 Å². The Morgan fingerprint density at radius 3 is 2.35 bits per heavy atom. The second-order valence-corrected chi connectivity index (χ2v) is 6.61. The molecule has 0 amide bonds. The molecule has 0 radical (unpaired) electrons. The number of para-hydroxylation sites is 2. The minimum Gasteiger partial charge on any atom is -0.457 e. The summed E-state index contributed by atoms with van der Waals surface area (Å²) in [4.78, 5) is 0. The predicted molar refractivity (Wildman–Crippen MR) is 104 cm³/mol. The summed E-state index contributed by atoms with van der Waals surface area (Å²) in [7, 11) is 0. The zero-order chi connectivity index (χ0) is 17.6. The monoisotopic (exact) mass is 359 g/mol. The van der Waals surface area contributed by atoms with Gasteiger partial charge in [0.15, 0.2) is 5.16 Å². The van der Waals surface area contributed by atoms with Crippen LogP contribution in [-0.4, -0.2) is 14.8 Å². The number of rotatable bonds is 6. The van der Waals surface area contributed by atoms with E-state index >= 15 is 0 Å². The Morgan fingerprint density at radius 1 is 0.808 bits per heavy atom. The lowest BCUT2D eigenvalue weighted by molar-refractivity contribution is 0.482. The van der Waals surface area contributed by atoms with Crippen LogP contribution in [-0.2, 0) is 5.75 Å². The average Bonchev–Trinajstić information content (AvgIpc) is 3.17. The number of ether oxygens (including phenoxy) is 1. The van der Waals surface area contributed by atoms with Gasteiger partial charge in [0.05, 0.1) is 0 Å². The van der Waals surface area contributed by atoms with Gasteiger partial charge in [-0.2, -0.15) is 0 Å². The van der Waals surface area contributed by atoms with Crippen LogP contribution in [0, 0.1) is 0 Å². The molecule has 5 heteroatoms. The van der Waals surface area contributed by atoms with E-state index in [9.17, 15) is 0 Å². The van der Waals surface area contributed by atoms with Crippen molar-refractivity contribution >= 4 is 11.8 Å². The van der Waals surface area contributed by atoms with Crippen molar-refractivity contribution < 1.29 is 4.74 Å². The highest BCUT2D eigenvalue weighted by Gasteiger charge is 2.08. The first kappa shape index (κ1) is 16.4. The maximum Gasteiger partial charge on any atom is 0.195 e. The lowest BCUT2D eigenvalue weighted by Crippen LogP contribution is -1.95. The van der Waals surface area contributed by atoms with Crippen molar-refractivity contribution in [1.82, 2.24) is 14.8 Å². The van der Waals surface area contributed by atoms with Crippen LogP contribution < -0.4 is 4.74 Å². The third-order valence-corrected chi connectivity index (χ3v) is 4.81. The molecule has 0 unspecified atom stereocenters.